The molecule has 0 saturated carbocycles. The molecule has 2 rings (SSSR count). The van der Waals surface area contributed by atoms with Crippen LogP contribution < -0.4 is 5.32 Å². The molecule has 0 bridgehead atoms. The van der Waals surface area contributed by atoms with Gasteiger partial charge in [-0.05, 0) is 13.3 Å². The summed E-state index contributed by atoms with van der Waals surface area (Å²) in [5.74, 6) is 0.663. The number of amides is 1. The van der Waals surface area contributed by atoms with Crippen LogP contribution in [0, 0.1) is 11.3 Å². The van der Waals surface area contributed by atoms with Crippen molar-refractivity contribution in [3.8, 4) is 0 Å². The molecule has 0 radical (unpaired) electrons. The van der Waals surface area contributed by atoms with E-state index < -0.39 is 0 Å². The normalized spacial score (nSPS) is 34.9. The van der Waals surface area contributed by atoms with Crippen LogP contribution in [0.25, 0.3) is 0 Å². The van der Waals surface area contributed by atoms with Gasteiger partial charge in [-0.2, -0.15) is 0 Å². The van der Waals surface area contributed by atoms with Crippen LogP contribution >= 0.6 is 0 Å². The first-order valence-corrected chi connectivity index (χ1v) is 5.75. The highest BCUT2D eigenvalue weighted by Crippen LogP contribution is 2.39. The summed E-state index contributed by atoms with van der Waals surface area (Å²) in [6, 6.07) is 0. The summed E-state index contributed by atoms with van der Waals surface area (Å²) < 4.78 is 5.46. The Balaban J connectivity index is 2.18. The highest BCUT2D eigenvalue weighted by Gasteiger charge is 2.51. The third-order valence-corrected chi connectivity index (χ3v) is 3.87. The summed E-state index contributed by atoms with van der Waals surface area (Å²) in [4.78, 5) is 14.2. The van der Waals surface area contributed by atoms with Gasteiger partial charge in [0, 0.05) is 39.2 Å². The molecule has 4 nitrogen and oxygen atoms in total. The van der Waals surface area contributed by atoms with Crippen LogP contribution in [0.2, 0.25) is 0 Å². The van der Waals surface area contributed by atoms with E-state index in [4.69, 9.17) is 4.74 Å². The Bertz CT molecular complexity index is 257. The van der Waals surface area contributed by atoms with Crippen LogP contribution in [0.4, 0.5) is 0 Å². The number of hydrogen-bond donors (Lipinski definition) is 1. The second-order valence-electron chi connectivity index (χ2n) is 4.63. The maximum Gasteiger partial charge on any atom is 0.230 e. The monoisotopic (exact) mass is 212 g/mol. The molecular weight excluding hydrogens is 192 g/mol. The Kier molecular flexibility index (Phi) is 2.98. The summed E-state index contributed by atoms with van der Waals surface area (Å²) in [5, 5.41) is 3.34. The van der Waals surface area contributed by atoms with Crippen molar-refractivity contribution >= 4 is 5.91 Å². The molecule has 2 aliphatic heterocycles. The molecule has 1 amide bonds. The Labute approximate surface area is 91.0 Å². The lowest BCUT2D eigenvalue weighted by molar-refractivity contribution is -0.148. The average Bonchev–Trinajstić information content (AvgIpc) is 2.71. The molecule has 2 heterocycles. The van der Waals surface area contributed by atoms with Crippen LogP contribution in [0.15, 0.2) is 0 Å². The van der Waals surface area contributed by atoms with Crippen molar-refractivity contribution in [1.82, 2.24) is 10.2 Å². The van der Waals surface area contributed by atoms with Crippen molar-refractivity contribution < 1.29 is 9.53 Å². The maximum atomic E-state index is 12.4. The zero-order chi connectivity index (χ0) is 10.9. The van der Waals surface area contributed by atoms with E-state index in [0.717, 1.165) is 39.3 Å². The lowest BCUT2D eigenvalue weighted by Gasteiger charge is -2.39. The minimum atomic E-state index is -0.178. The quantitative estimate of drug-likeness (QED) is 0.705. The summed E-state index contributed by atoms with van der Waals surface area (Å²) in [6.07, 6.45) is 0.869. The van der Waals surface area contributed by atoms with Crippen molar-refractivity contribution in [1.29, 1.82) is 0 Å². The molecule has 2 saturated heterocycles. The fraction of sp³-hybridized carbons (Fsp3) is 0.909. The lowest BCUT2D eigenvalue weighted by Crippen LogP contribution is -2.50. The summed E-state index contributed by atoms with van der Waals surface area (Å²) in [7, 11) is 1.89. The van der Waals surface area contributed by atoms with E-state index in [1.54, 1.807) is 0 Å². The largest absolute Gasteiger partial charge is 0.381 e. The third kappa shape index (κ3) is 1.66. The zero-order valence-corrected chi connectivity index (χ0v) is 9.58. The SMILES string of the molecule is CCN(C)C(=O)C12CCOCC1CNC2. The smallest absolute Gasteiger partial charge is 0.230 e. The predicted molar refractivity (Wildman–Crippen MR) is 57.5 cm³/mol. The van der Waals surface area contributed by atoms with Gasteiger partial charge in [0.05, 0.1) is 12.0 Å². The molecule has 0 aromatic heterocycles. The molecule has 4 heteroatoms. The number of carbonyl (C=O) groups excluding carboxylic acids is 1. The molecule has 2 aliphatic rings. The summed E-state index contributed by atoms with van der Waals surface area (Å²) in [5.41, 5.74) is -0.178. The average molecular weight is 212 g/mol. The second-order valence-corrected chi connectivity index (χ2v) is 4.63. The van der Waals surface area contributed by atoms with Crippen LogP contribution in [0.5, 0.6) is 0 Å². The minimum Gasteiger partial charge on any atom is -0.381 e. The summed E-state index contributed by atoms with van der Waals surface area (Å²) >= 11 is 0. The van der Waals surface area contributed by atoms with Gasteiger partial charge in [0.25, 0.3) is 0 Å². The Morgan fingerprint density at radius 3 is 3.20 bits per heavy atom. The van der Waals surface area contributed by atoms with Crippen LogP contribution in [-0.2, 0) is 9.53 Å². The molecule has 2 fully saturated rings. The van der Waals surface area contributed by atoms with Crippen molar-refractivity contribution in [3.63, 3.8) is 0 Å². The van der Waals surface area contributed by atoms with Crippen molar-refractivity contribution in [2.45, 2.75) is 13.3 Å². The number of nitrogens with one attached hydrogen (secondary N) is 1. The Hall–Kier alpha value is -0.610. The standard InChI is InChI=1S/C11H20N2O2/c1-3-13(2)10(14)11-4-5-15-7-9(11)6-12-8-11/h9,12H,3-8H2,1-2H3. The van der Waals surface area contributed by atoms with Crippen LogP contribution in [0.3, 0.4) is 0 Å². The van der Waals surface area contributed by atoms with Crippen molar-refractivity contribution in [3.05, 3.63) is 0 Å². The number of nitrogens with zero attached hydrogens (tertiary/aromatic N) is 1. The molecule has 0 aromatic carbocycles. The van der Waals surface area contributed by atoms with E-state index in [0.29, 0.717) is 11.8 Å². The highest BCUT2D eigenvalue weighted by atomic mass is 16.5. The van der Waals surface area contributed by atoms with E-state index in [-0.39, 0.29) is 5.41 Å². The molecule has 0 aliphatic carbocycles. The number of fused-ring (bicyclic) bond motifs is 1. The Morgan fingerprint density at radius 1 is 1.67 bits per heavy atom. The molecule has 86 valence electrons. The van der Waals surface area contributed by atoms with Gasteiger partial charge in [0.15, 0.2) is 0 Å². The van der Waals surface area contributed by atoms with Gasteiger partial charge in [0.2, 0.25) is 5.91 Å². The molecule has 15 heavy (non-hydrogen) atoms. The minimum absolute atomic E-state index is 0.178. The highest BCUT2D eigenvalue weighted by molar-refractivity contribution is 5.83. The van der Waals surface area contributed by atoms with Gasteiger partial charge in [-0.25, -0.2) is 0 Å². The third-order valence-electron chi connectivity index (χ3n) is 3.87. The maximum absolute atomic E-state index is 12.4. The van der Waals surface area contributed by atoms with Gasteiger partial charge in [-0.1, -0.05) is 0 Å². The Morgan fingerprint density at radius 2 is 2.47 bits per heavy atom. The zero-order valence-electron chi connectivity index (χ0n) is 9.58. The van der Waals surface area contributed by atoms with Gasteiger partial charge in [-0.15, -0.1) is 0 Å². The fourth-order valence-corrected chi connectivity index (χ4v) is 2.68. The van der Waals surface area contributed by atoms with Gasteiger partial charge < -0.3 is 15.0 Å². The lowest BCUT2D eigenvalue weighted by atomic mass is 9.73. The van der Waals surface area contributed by atoms with E-state index >= 15 is 0 Å². The molecule has 0 spiro atoms. The molecular formula is C11H20N2O2. The van der Waals surface area contributed by atoms with Gasteiger partial charge in [-0.3, -0.25) is 4.79 Å². The summed E-state index contributed by atoms with van der Waals surface area (Å²) in [6.45, 7) is 6.00. The fourth-order valence-electron chi connectivity index (χ4n) is 2.68. The predicted octanol–water partition coefficient (Wildman–Crippen LogP) is 0.0908. The van der Waals surface area contributed by atoms with Crippen molar-refractivity contribution in [2.75, 3.05) is 39.9 Å². The molecule has 1 N–H and O–H groups in total. The number of carbonyl (C=O) groups is 1. The number of ether oxygens (including phenoxy) is 1. The van der Waals surface area contributed by atoms with Crippen LogP contribution in [0.1, 0.15) is 13.3 Å². The van der Waals surface area contributed by atoms with Gasteiger partial charge >= 0.3 is 0 Å². The topological polar surface area (TPSA) is 41.6 Å². The second kappa shape index (κ2) is 4.10. The first-order valence-electron chi connectivity index (χ1n) is 5.75. The molecule has 0 aromatic rings. The number of hydrogen-bond acceptors (Lipinski definition) is 3. The molecule has 2 unspecified atom stereocenters. The van der Waals surface area contributed by atoms with E-state index in [9.17, 15) is 4.79 Å². The van der Waals surface area contributed by atoms with Crippen molar-refractivity contribution in [2.24, 2.45) is 11.3 Å². The first-order chi connectivity index (χ1) is 7.20. The van der Waals surface area contributed by atoms with Gasteiger partial charge in [0.1, 0.15) is 0 Å². The number of rotatable bonds is 2. The van der Waals surface area contributed by atoms with Crippen LogP contribution in [-0.4, -0.2) is 50.7 Å². The first kappa shape index (κ1) is 10.9. The van der Waals surface area contributed by atoms with E-state index in [2.05, 4.69) is 5.32 Å². The van der Waals surface area contributed by atoms with E-state index in [1.165, 1.54) is 0 Å². The molecule has 2 atom stereocenters. The van der Waals surface area contributed by atoms with E-state index in [1.807, 2.05) is 18.9 Å².